The third-order valence-electron chi connectivity index (χ3n) is 3.86. The molecular formula is C20H19ClN4O2. The molecule has 0 spiro atoms. The molecule has 27 heavy (non-hydrogen) atoms. The van der Waals surface area contributed by atoms with Crippen LogP contribution in [0.5, 0.6) is 11.6 Å². The van der Waals surface area contributed by atoms with E-state index in [4.69, 9.17) is 26.3 Å². The lowest BCUT2D eigenvalue weighted by Gasteiger charge is -2.13. The Morgan fingerprint density at radius 1 is 1.15 bits per heavy atom. The predicted molar refractivity (Wildman–Crippen MR) is 102 cm³/mol. The molecule has 138 valence electrons. The van der Waals surface area contributed by atoms with Crippen LogP contribution in [0.2, 0.25) is 5.02 Å². The van der Waals surface area contributed by atoms with Crippen LogP contribution in [0.25, 0.3) is 5.82 Å². The summed E-state index contributed by atoms with van der Waals surface area (Å²) >= 11 is 6.09. The molecule has 0 radical (unpaired) electrons. The highest BCUT2D eigenvalue weighted by atomic mass is 35.5. The molecule has 0 unspecified atom stereocenters. The van der Waals surface area contributed by atoms with E-state index >= 15 is 0 Å². The first-order chi connectivity index (χ1) is 13.2. The Morgan fingerprint density at radius 3 is 2.85 bits per heavy atom. The Balaban J connectivity index is 1.77. The van der Waals surface area contributed by atoms with Crippen molar-refractivity contribution in [2.45, 2.75) is 26.4 Å². The molecule has 0 N–H and O–H groups in total. The Kier molecular flexibility index (Phi) is 6.29. The minimum Gasteiger partial charge on any atom is -0.493 e. The lowest BCUT2D eigenvalue weighted by atomic mass is 10.2. The van der Waals surface area contributed by atoms with E-state index in [2.05, 4.69) is 23.1 Å². The fourth-order valence-corrected chi connectivity index (χ4v) is 2.60. The van der Waals surface area contributed by atoms with E-state index < -0.39 is 0 Å². The number of rotatable bonds is 8. The van der Waals surface area contributed by atoms with Crippen molar-refractivity contribution >= 4 is 11.6 Å². The van der Waals surface area contributed by atoms with Gasteiger partial charge in [0, 0.05) is 28.9 Å². The van der Waals surface area contributed by atoms with Gasteiger partial charge < -0.3 is 9.47 Å². The predicted octanol–water partition coefficient (Wildman–Crippen LogP) is 4.55. The molecule has 7 heteroatoms. The molecule has 0 aliphatic carbocycles. The van der Waals surface area contributed by atoms with Gasteiger partial charge in [-0.3, -0.25) is 0 Å². The molecule has 0 bridgehead atoms. The summed E-state index contributed by atoms with van der Waals surface area (Å²) in [4.78, 5) is 4.25. The maximum absolute atomic E-state index is 9.06. The van der Waals surface area contributed by atoms with Gasteiger partial charge in [0.15, 0.2) is 5.82 Å². The molecule has 1 aromatic carbocycles. The third-order valence-corrected chi connectivity index (χ3v) is 4.09. The first kappa shape index (κ1) is 18.7. The second-order valence-corrected chi connectivity index (χ2v) is 6.27. The summed E-state index contributed by atoms with van der Waals surface area (Å²) < 4.78 is 13.3. The average Bonchev–Trinajstić information content (AvgIpc) is 3.16. The largest absolute Gasteiger partial charge is 0.493 e. The van der Waals surface area contributed by atoms with Crippen LogP contribution in [0.4, 0.5) is 0 Å². The molecule has 6 nitrogen and oxygen atoms in total. The van der Waals surface area contributed by atoms with Crippen molar-refractivity contribution in [2.24, 2.45) is 0 Å². The Bertz CT molecular complexity index is 949. The van der Waals surface area contributed by atoms with Gasteiger partial charge in [-0.05, 0) is 24.6 Å². The van der Waals surface area contributed by atoms with Crippen molar-refractivity contribution in [3.63, 3.8) is 0 Å². The van der Waals surface area contributed by atoms with Gasteiger partial charge in [0.1, 0.15) is 12.4 Å². The topological polar surface area (TPSA) is 73.0 Å². The molecule has 2 aromatic heterocycles. The average molecular weight is 383 g/mol. The van der Waals surface area contributed by atoms with Crippen molar-refractivity contribution in [1.82, 2.24) is 14.8 Å². The first-order valence-corrected chi connectivity index (χ1v) is 9.03. The van der Waals surface area contributed by atoms with Crippen molar-refractivity contribution in [3.8, 4) is 23.5 Å². The standard InChI is InChI=1S/C20H19ClN4O2/c1-2-3-10-26-18-12-17(21)5-4-16(18)14-27-20-7-9-24-25(20)19-11-15(13-22)6-8-23-19/h4-9,11-12H,2-3,10,14H2,1H3. The minimum atomic E-state index is 0.294. The molecule has 0 amide bonds. The molecule has 2 heterocycles. The number of hydrogen-bond acceptors (Lipinski definition) is 5. The summed E-state index contributed by atoms with van der Waals surface area (Å²) in [5.74, 6) is 1.75. The monoisotopic (exact) mass is 382 g/mol. The molecular weight excluding hydrogens is 364 g/mol. The third kappa shape index (κ3) is 4.78. The maximum Gasteiger partial charge on any atom is 0.218 e. The quantitative estimate of drug-likeness (QED) is 0.534. The number of ether oxygens (including phenoxy) is 2. The first-order valence-electron chi connectivity index (χ1n) is 8.66. The van der Waals surface area contributed by atoms with Crippen molar-refractivity contribution in [2.75, 3.05) is 6.61 Å². The fourth-order valence-electron chi connectivity index (χ4n) is 2.44. The van der Waals surface area contributed by atoms with Crippen LogP contribution >= 0.6 is 11.6 Å². The van der Waals surface area contributed by atoms with Crippen molar-refractivity contribution in [1.29, 1.82) is 5.26 Å². The highest BCUT2D eigenvalue weighted by molar-refractivity contribution is 6.30. The fraction of sp³-hybridized carbons (Fsp3) is 0.250. The van der Waals surface area contributed by atoms with E-state index in [0.29, 0.717) is 41.2 Å². The smallest absolute Gasteiger partial charge is 0.218 e. The number of hydrogen-bond donors (Lipinski definition) is 0. The van der Waals surface area contributed by atoms with Crippen molar-refractivity contribution in [3.05, 3.63) is 64.9 Å². The molecule has 0 aliphatic rings. The molecule has 3 rings (SSSR count). The van der Waals surface area contributed by atoms with Gasteiger partial charge in [-0.15, -0.1) is 0 Å². The van der Waals surface area contributed by atoms with Gasteiger partial charge >= 0.3 is 0 Å². The van der Waals surface area contributed by atoms with Crippen LogP contribution in [-0.2, 0) is 6.61 Å². The molecule has 3 aromatic rings. The Morgan fingerprint density at radius 2 is 2.04 bits per heavy atom. The SMILES string of the molecule is CCCCOc1cc(Cl)ccc1COc1ccnn1-c1cc(C#N)ccn1. The lowest BCUT2D eigenvalue weighted by Crippen LogP contribution is -2.07. The number of unbranched alkanes of at least 4 members (excludes halogenated alkanes) is 1. The number of benzene rings is 1. The Hall–Kier alpha value is -3.04. The number of nitriles is 1. The van der Waals surface area contributed by atoms with E-state index in [1.807, 2.05) is 12.1 Å². The van der Waals surface area contributed by atoms with Crippen LogP contribution in [0, 0.1) is 11.3 Å². The summed E-state index contributed by atoms with van der Waals surface area (Å²) in [6, 6.07) is 12.6. The van der Waals surface area contributed by atoms with Crippen LogP contribution in [0.15, 0.2) is 48.8 Å². The summed E-state index contributed by atoms with van der Waals surface area (Å²) in [5.41, 5.74) is 1.40. The van der Waals surface area contributed by atoms with E-state index in [9.17, 15) is 0 Å². The Labute approximate surface area is 162 Å². The van der Waals surface area contributed by atoms with Crippen molar-refractivity contribution < 1.29 is 9.47 Å². The van der Waals surface area contributed by atoms with Gasteiger partial charge in [-0.1, -0.05) is 31.0 Å². The lowest BCUT2D eigenvalue weighted by molar-refractivity contribution is 0.264. The van der Waals surface area contributed by atoms with Gasteiger partial charge in [-0.25, -0.2) is 4.98 Å². The zero-order chi connectivity index (χ0) is 19.1. The normalized spacial score (nSPS) is 10.4. The number of aromatic nitrogens is 3. The number of pyridine rings is 1. The zero-order valence-electron chi connectivity index (χ0n) is 14.9. The van der Waals surface area contributed by atoms with Gasteiger partial charge in [0.2, 0.25) is 5.88 Å². The second-order valence-electron chi connectivity index (χ2n) is 5.84. The van der Waals surface area contributed by atoms with Crippen LogP contribution in [0.1, 0.15) is 30.9 Å². The van der Waals surface area contributed by atoms with Gasteiger partial charge in [-0.2, -0.15) is 15.0 Å². The molecule has 0 atom stereocenters. The minimum absolute atomic E-state index is 0.294. The van der Waals surface area contributed by atoms with E-state index in [0.717, 1.165) is 18.4 Å². The highest BCUT2D eigenvalue weighted by Gasteiger charge is 2.11. The van der Waals surface area contributed by atoms with E-state index in [-0.39, 0.29) is 0 Å². The van der Waals surface area contributed by atoms with E-state index in [1.54, 1.807) is 41.3 Å². The second kappa shape index (κ2) is 9.06. The summed E-state index contributed by atoms with van der Waals surface area (Å²) in [5, 5.41) is 13.9. The van der Waals surface area contributed by atoms with Crippen LogP contribution in [-0.4, -0.2) is 21.4 Å². The number of halogens is 1. The van der Waals surface area contributed by atoms with Gasteiger partial charge in [0.25, 0.3) is 0 Å². The van der Waals surface area contributed by atoms with Gasteiger partial charge in [0.05, 0.1) is 24.4 Å². The summed E-state index contributed by atoms with van der Waals surface area (Å²) in [6.45, 7) is 3.04. The zero-order valence-corrected chi connectivity index (χ0v) is 15.7. The number of nitrogens with zero attached hydrogens (tertiary/aromatic N) is 4. The summed E-state index contributed by atoms with van der Waals surface area (Å²) in [7, 11) is 0. The van der Waals surface area contributed by atoms with Crippen LogP contribution < -0.4 is 9.47 Å². The molecule has 0 saturated carbocycles. The summed E-state index contributed by atoms with van der Waals surface area (Å²) in [6.07, 6.45) is 5.22. The molecule has 0 fully saturated rings. The maximum atomic E-state index is 9.06. The van der Waals surface area contributed by atoms with Crippen LogP contribution in [0.3, 0.4) is 0 Å². The van der Waals surface area contributed by atoms with E-state index in [1.165, 1.54) is 0 Å². The highest BCUT2D eigenvalue weighted by Crippen LogP contribution is 2.26. The molecule has 0 saturated heterocycles. The molecule has 0 aliphatic heterocycles.